The average Bonchev–Trinajstić information content (AvgIpc) is 2.96. The lowest BCUT2D eigenvalue weighted by atomic mass is 9.90. The van der Waals surface area contributed by atoms with Crippen LogP contribution in [0.1, 0.15) is 46.1 Å². The number of nitrogens with one attached hydrogen (secondary N) is 1. The monoisotopic (exact) mass is 363 g/mol. The number of nitrogens with zero attached hydrogens (tertiary/aromatic N) is 2. The Balaban J connectivity index is 1.87. The van der Waals surface area contributed by atoms with Gasteiger partial charge >= 0.3 is 12.0 Å². The van der Waals surface area contributed by atoms with Crippen molar-refractivity contribution in [1.29, 1.82) is 0 Å². The summed E-state index contributed by atoms with van der Waals surface area (Å²) in [5.74, 6) is 0.230. The molecule has 0 bridgehead atoms. The Morgan fingerprint density at radius 3 is 2.77 bits per heavy atom. The van der Waals surface area contributed by atoms with Crippen molar-refractivity contribution in [1.82, 2.24) is 15.2 Å². The summed E-state index contributed by atoms with van der Waals surface area (Å²) in [4.78, 5) is 29.3. The number of amides is 2. The van der Waals surface area contributed by atoms with E-state index in [4.69, 9.17) is 4.74 Å². The highest BCUT2D eigenvalue weighted by Gasteiger charge is 2.42. The standard InChI is InChI=1S/C19H29N3O4/c1-13(2)9-14(3)26-16-10-15(5-7-20-16)11-21-18(25)22-8-6-19(4,12-22)17(23)24/h5,7,10,13-14H,6,8-9,11-12H2,1-4H3,(H,21,25)(H,23,24). The minimum Gasteiger partial charge on any atom is -0.481 e. The van der Waals surface area contributed by atoms with Crippen LogP contribution in [0, 0.1) is 11.3 Å². The number of aromatic nitrogens is 1. The Morgan fingerprint density at radius 2 is 2.15 bits per heavy atom. The molecule has 1 aromatic rings. The summed E-state index contributed by atoms with van der Waals surface area (Å²) in [6.07, 6.45) is 3.15. The summed E-state index contributed by atoms with van der Waals surface area (Å²) < 4.78 is 5.83. The molecule has 2 amide bonds. The molecule has 144 valence electrons. The van der Waals surface area contributed by atoms with Crippen LogP contribution in [0.3, 0.4) is 0 Å². The van der Waals surface area contributed by atoms with E-state index in [-0.39, 0.29) is 18.7 Å². The number of carbonyl (C=O) groups excluding carboxylic acids is 1. The van der Waals surface area contributed by atoms with Gasteiger partial charge in [0.15, 0.2) is 0 Å². The predicted octanol–water partition coefficient (Wildman–Crippen LogP) is 2.90. The SMILES string of the molecule is CC(C)CC(C)Oc1cc(CNC(=O)N2CCC(C)(C(=O)O)C2)ccn1. The number of urea groups is 1. The molecule has 0 spiro atoms. The fraction of sp³-hybridized carbons (Fsp3) is 0.632. The van der Waals surface area contributed by atoms with Crippen LogP contribution in [-0.2, 0) is 11.3 Å². The number of hydrogen-bond acceptors (Lipinski definition) is 4. The molecule has 2 N–H and O–H groups in total. The van der Waals surface area contributed by atoms with Crippen molar-refractivity contribution >= 4 is 12.0 Å². The second-order valence-electron chi connectivity index (χ2n) is 7.76. The summed E-state index contributed by atoms with van der Waals surface area (Å²) in [6.45, 7) is 9.00. The van der Waals surface area contributed by atoms with Gasteiger partial charge in [0, 0.05) is 31.9 Å². The van der Waals surface area contributed by atoms with Gasteiger partial charge < -0.3 is 20.1 Å². The van der Waals surface area contributed by atoms with Crippen LogP contribution in [0.15, 0.2) is 18.3 Å². The summed E-state index contributed by atoms with van der Waals surface area (Å²) in [5.41, 5.74) is 0.0296. The first-order chi connectivity index (χ1) is 12.2. The highest BCUT2D eigenvalue weighted by atomic mass is 16.5. The number of carboxylic acid groups (broad SMARTS) is 1. The molecule has 1 aliphatic rings. The van der Waals surface area contributed by atoms with Crippen molar-refractivity contribution in [2.45, 2.75) is 53.2 Å². The van der Waals surface area contributed by atoms with Crippen molar-refractivity contribution in [3.05, 3.63) is 23.9 Å². The largest absolute Gasteiger partial charge is 0.481 e. The van der Waals surface area contributed by atoms with E-state index < -0.39 is 11.4 Å². The van der Waals surface area contributed by atoms with Crippen molar-refractivity contribution in [2.75, 3.05) is 13.1 Å². The fourth-order valence-corrected chi connectivity index (χ4v) is 3.14. The van der Waals surface area contributed by atoms with Crippen LogP contribution < -0.4 is 10.1 Å². The molecular formula is C19H29N3O4. The number of carboxylic acids is 1. The van der Waals surface area contributed by atoms with E-state index >= 15 is 0 Å². The Bertz CT molecular complexity index is 649. The molecule has 0 saturated carbocycles. The highest BCUT2D eigenvalue weighted by molar-refractivity contribution is 5.79. The number of pyridine rings is 1. The maximum Gasteiger partial charge on any atom is 0.317 e. The van der Waals surface area contributed by atoms with Crippen LogP contribution in [0.5, 0.6) is 5.88 Å². The van der Waals surface area contributed by atoms with Gasteiger partial charge in [-0.25, -0.2) is 9.78 Å². The Hall–Kier alpha value is -2.31. The number of ether oxygens (including phenoxy) is 1. The Labute approximate surface area is 154 Å². The second kappa shape index (κ2) is 8.38. The molecule has 2 unspecified atom stereocenters. The maximum atomic E-state index is 12.3. The molecule has 2 rings (SSSR count). The molecule has 1 aliphatic heterocycles. The quantitative estimate of drug-likeness (QED) is 0.777. The summed E-state index contributed by atoms with van der Waals surface area (Å²) in [6, 6.07) is 3.40. The topological polar surface area (TPSA) is 91.8 Å². The molecule has 2 heterocycles. The third-order valence-corrected chi connectivity index (χ3v) is 4.65. The minimum atomic E-state index is -0.862. The molecule has 7 nitrogen and oxygen atoms in total. The molecule has 0 aromatic carbocycles. The van der Waals surface area contributed by atoms with Crippen molar-refractivity contribution in [3.63, 3.8) is 0 Å². The predicted molar refractivity (Wildman–Crippen MR) is 98.0 cm³/mol. The molecule has 0 radical (unpaired) electrons. The van der Waals surface area contributed by atoms with Crippen LogP contribution >= 0.6 is 0 Å². The normalized spacial score (nSPS) is 20.9. The van der Waals surface area contributed by atoms with Crippen molar-refractivity contribution < 1.29 is 19.4 Å². The zero-order valence-electron chi connectivity index (χ0n) is 16.0. The van der Waals surface area contributed by atoms with Gasteiger partial charge in [0.05, 0.1) is 11.5 Å². The lowest BCUT2D eigenvalue weighted by Crippen LogP contribution is -2.40. The molecule has 1 aromatic heterocycles. The zero-order chi connectivity index (χ0) is 19.3. The molecular weight excluding hydrogens is 334 g/mol. The fourth-order valence-electron chi connectivity index (χ4n) is 3.14. The number of aliphatic carboxylic acids is 1. The number of rotatable bonds is 7. The average molecular weight is 363 g/mol. The van der Waals surface area contributed by atoms with Crippen molar-refractivity contribution in [3.8, 4) is 5.88 Å². The number of carbonyl (C=O) groups is 2. The third-order valence-electron chi connectivity index (χ3n) is 4.65. The lowest BCUT2D eigenvalue weighted by molar-refractivity contribution is -0.147. The van der Waals surface area contributed by atoms with Gasteiger partial charge in [-0.2, -0.15) is 0 Å². The third kappa shape index (κ3) is 5.34. The van der Waals surface area contributed by atoms with Crippen LogP contribution in [0.2, 0.25) is 0 Å². The van der Waals surface area contributed by atoms with Crippen LogP contribution in [0.25, 0.3) is 0 Å². The van der Waals surface area contributed by atoms with Gasteiger partial charge in [-0.3, -0.25) is 4.79 Å². The molecule has 26 heavy (non-hydrogen) atoms. The van der Waals surface area contributed by atoms with E-state index in [2.05, 4.69) is 24.1 Å². The first-order valence-electron chi connectivity index (χ1n) is 9.07. The first-order valence-corrected chi connectivity index (χ1v) is 9.07. The van der Waals surface area contributed by atoms with Gasteiger partial charge in [0.25, 0.3) is 0 Å². The number of hydrogen-bond donors (Lipinski definition) is 2. The van der Waals surface area contributed by atoms with Gasteiger partial charge in [-0.1, -0.05) is 13.8 Å². The second-order valence-corrected chi connectivity index (χ2v) is 7.76. The smallest absolute Gasteiger partial charge is 0.317 e. The highest BCUT2D eigenvalue weighted by Crippen LogP contribution is 2.30. The van der Waals surface area contributed by atoms with E-state index in [9.17, 15) is 14.7 Å². The van der Waals surface area contributed by atoms with Crippen LogP contribution in [0.4, 0.5) is 4.79 Å². The summed E-state index contributed by atoms with van der Waals surface area (Å²) >= 11 is 0. The molecule has 2 atom stereocenters. The minimum absolute atomic E-state index is 0.0747. The van der Waals surface area contributed by atoms with Crippen LogP contribution in [-0.4, -0.2) is 46.2 Å². The lowest BCUT2D eigenvalue weighted by Gasteiger charge is -2.20. The molecule has 0 aliphatic carbocycles. The molecule has 1 saturated heterocycles. The summed E-state index contributed by atoms with van der Waals surface area (Å²) in [5, 5.41) is 12.1. The van der Waals surface area contributed by atoms with Gasteiger partial charge in [-0.15, -0.1) is 0 Å². The van der Waals surface area contributed by atoms with E-state index in [0.29, 0.717) is 31.3 Å². The zero-order valence-corrected chi connectivity index (χ0v) is 16.0. The summed E-state index contributed by atoms with van der Waals surface area (Å²) in [7, 11) is 0. The maximum absolute atomic E-state index is 12.3. The number of likely N-dealkylation sites (tertiary alicyclic amines) is 1. The van der Waals surface area contributed by atoms with E-state index in [1.807, 2.05) is 19.1 Å². The van der Waals surface area contributed by atoms with Gasteiger partial charge in [0.1, 0.15) is 0 Å². The van der Waals surface area contributed by atoms with E-state index in [1.165, 1.54) is 0 Å². The van der Waals surface area contributed by atoms with E-state index in [1.54, 1.807) is 18.0 Å². The van der Waals surface area contributed by atoms with Crippen molar-refractivity contribution in [2.24, 2.45) is 11.3 Å². The van der Waals surface area contributed by atoms with Gasteiger partial charge in [-0.05, 0) is 44.2 Å². The van der Waals surface area contributed by atoms with Gasteiger partial charge in [0.2, 0.25) is 5.88 Å². The molecule has 7 heteroatoms. The van der Waals surface area contributed by atoms with E-state index in [0.717, 1.165) is 12.0 Å². The first kappa shape index (κ1) is 20.0. The Kier molecular flexibility index (Phi) is 6.45. The molecule has 1 fully saturated rings. The Morgan fingerprint density at radius 1 is 1.42 bits per heavy atom.